The molecule has 6 heteroatoms. The summed E-state index contributed by atoms with van der Waals surface area (Å²) in [6.07, 6.45) is 3.60. The number of oxime groups is 1. The highest BCUT2D eigenvalue weighted by Gasteiger charge is 2.09. The zero-order valence-electron chi connectivity index (χ0n) is 7.17. The topological polar surface area (TPSA) is 84.6 Å². The van der Waals surface area contributed by atoms with E-state index in [2.05, 4.69) is 10.1 Å². The van der Waals surface area contributed by atoms with Crippen molar-refractivity contribution < 1.29 is 9.62 Å². The standard InChI is InChI=1S/C7H11N3O2S/c1-5(4-6(8)10-11)13-7-9-2-3-12-7/h2-3,5,11H,4H2,1H3,(H2,8,10). The van der Waals surface area contributed by atoms with Crippen molar-refractivity contribution in [2.75, 3.05) is 0 Å². The summed E-state index contributed by atoms with van der Waals surface area (Å²) in [4.78, 5) is 3.94. The molecule has 0 aliphatic rings. The van der Waals surface area contributed by atoms with E-state index in [-0.39, 0.29) is 11.1 Å². The molecular weight excluding hydrogens is 190 g/mol. The lowest BCUT2D eigenvalue weighted by molar-refractivity contribution is 0.317. The third kappa shape index (κ3) is 3.37. The number of thioether (sulfide) groups is 1. The van der Waals surface area contributed by atoms with E-state index in [1.165, 1.54) is 18.0 Å². The zero-order chi connectivity index (χ0) is 9.68. The Labute approximate surface area is 80.0 Å². The van der Waals surface area contributed by atoms with E-state index < -0.39 is 0 Å². The first kappa shape index (κ1) is 9.91. The van der Waals surface area contributed by atoms with Crippen LogP contribution in [0.4, 0.5) is 0 Å². The van der Waals surface area contributed by atoms with Gasteiger partial charge in [0.1, 0.15) is 12.1 Å². The molecule has 0 aromatic carbocycles. The Bertz CT molecular complexity index is 273. The lowest BCUT2D eigenvalue weighted by Gasteiger charge is -2.05. The number of aromatic nitrogens is 1. The third-order valence-electron chi connectivity index (χ3n) is 1.34. The number of nitrogens with zero attached hydrogens (tertiary/aromatic N) is 2. The second-order valence-corrected chi connectivity index (χ2v) is 3.91. The average Bonchev–Trinajstić information content (AvgIpc) is 2.56. The van der Waals surface area contributed by atoms with Crippen molar-refractivity contribution in [2.45, 2.75) is 23.8 Å². The summed E-state index contributed by atoms with van der Waals surface area (Å²) in [6.45, 7) is 1.95. The van der Waals surface area contributed by atoms with E-state index in [0.717, 1.165) is 0 Å². The Hall–Kier alpha value is -1.17. The van der Waals surface area contributed by atoms with Crippen LogP contribution in [0.2, 0.25) is 0 Å². The van der Waals surface area contributed by atoms with Crippen LogP contribution in [0.25, 0.3) is 0 Å². The van der Waals surface area contributed by atoms with Crippen molar-refractivity contribution in [3.63, 3.8) is 0 Å². The van der Waals surface area contributed by atoms with Crippen LogP contribution in [-0.2, 0) is 0 Å². The van der Waals surface area contributed by atoms with E-state index in [4.69, 9.17) is 15.4 Å². The summed E-state index contributed by atoms with van der Waals surface area (Å²) in [5.74, 6) is 0.214. The molecule has 1 aromatic rings. The predicted octanol–water partition coefficient (Wildman–Crippen LogP) is 1.29. The maximum Gasteiger partial charge on any atom is 0.255 e. The molecule has 1 heterocycles. The van der Waals surface area contributed by atoms with E-state index in [0.29, 0.717) is 11.6 Å². The second-order valence-electron chi connectivity index (χ2n) is 2.52. The van der Waals surface area contributed by atoms with E-state index in [1.807, 2.05) is 6.92 Å². The fraction of sp³-hybridized carbons (Fsp3) is 0.429. The van der Waals surface area contributed by atoms with Crippen LogP contribution in [0.1, 0.15) is 13.3 Å². The minimum absolute atomic E-state index is 0.176. The van der Waals surface area contributed by atoms with Crippen LogP contribution in [0, 0.1) is 0 Å². The number of nitrogens with two attached hydrogens (primary N) is 1. The maximum absolute atomic E-state index is 8.32. The van der Waals surface area contributed by atoms with Crippen molar-refractivity contribution in [2.24, 2.45) is 10.9 Å². The molecule has 0 aliphatic carbocycles. The number of hydrogen-bond acceptors (Lipinski definition) is 5. The van der Waals surface area contributed by atoms with E-state index in [1.54, 1.807) is 6.20 Å². The first-order valence-electron chi connectivity index (χ1n) is 3.75. The van der Waals surface area contributed by atoms with Crippen molar-refractivity contribution in [3.05, 3.63) is 12.5 Å². The summed E-state index contributed by atoms with van der Waals surface area (Å²) in [5, 5.41) is 12.0. The molecular formula is C7H11N3O2S. The van der Waals surface area contributed by atoms with Gasteiger partial charge in [0.25, 0.3) is 5.22 Å². The Kier molecular flexibility index (Phi) is 3.63. The van der Waals surface area contributed by atoms with Crippen LogP contribution in [0.5, 0.6) is 0 Å². The molecule has 3 N–H and O–H groups in total. The summed E-state index contributed by atoms with van der Waals surface area (Å²) in [7, 11) is 0. The van der Waals surface area contributed by atoms with Gasteiger partial charge in [0.15, 0.2) is 0 Å². The molecule has 1 rings (SSSR count). The van der Waals surface area contributed by atoms with Gasteiger partial charge < -0.3 is 15.4 Å². The fourth-order valence-electron chi connectivity index (χ4n) is 0.818. The molecule has 0 spiro atoms. The SMILES string of the molecule is CC(C/C(N)=N/O)Sc1ncco1. The lowest BCUT2D eigenvalue weighted by atomic mass is 10.3. The number of amidine groups is 1. The van der Waals surface area contributed by atoms with Crippen LogP contribution in [-0.4, -0.2) is 21.3 Å². The maximum atomic E-state index is 8.32. The van der Waals surface area contributed by atoms with Gasteiger partial charge in [-0.05, 0) is 0 Å². The summed E-state index contributed by atoms with van der Waals surface area (Å²) in [5.41, 5.74) is 5.34. The van der Waals surface area contributed by atoms with Crippen molar-refractivity contribution in [1.82, 2.24) is 4.98 Å². The van der Waals surface area contributed by atoms with Gasteiger partial charge >= 0.3 is 0 Å². The Balaban J connectivity index is 2.38. The van der Waals surface area contributed by atoms with Crippen LogP contribution in [0.3, 0.4) is 0 Å². The summed E-state index contributed by atoms with van der Waals surface area (Å²) < 4.78 is 5.03. The normalized spacial score (nSPS) is 14.4. The molecule has 0 aliphatic heterocycles. The van der Waals surface area contributed by atoms with Crippen LogP contribution in [0.15, 0.2) is 27.3 Å². The van der Waals surface area contributed by atoms with Gasteiger partial charge in [-0.1, -0.05) is 23.8 Å². The van der Waals surface area contributed by atoms with Gasteiger partial charge in [0, 0.05) is 11.7 Å². The van der Waals surface area contributed by atoms with Crippen molar-refractivity contribution in [3.8, 4) is 0 Å². The minimum Gasteiger partial charge on any atom is -0.440 e. The summed E-state index contributed by atoms with van der Waals surface area (Å²) in [6, 6.07) is 0. The molecule has 13 heavy (non-hydrogen) atoms. The minimum atomic E-state index is 0.176. The largest absolute Gasteiger partial charge is 0.440 e. The molecule has 1 atom stereocenters. The zero-order valence-corrected chi connectivity index (χ0v) is 7.99. The lowest BCUT2D eigenvalue weighted by Crippen LogP contribution is -2.16. The molecule has 1 aromatic heterocycles. The quantitative estimate of drug-likeness (QED) is 0.252. The second kappa shape index (κ2) is 4.76. The molecule has 1 unspecified atom stereocenters. The Morgan fingerprint density at radius 2 is 2.69 bits per heavy atom. The molecule has 0 saturated carbocycles. The number of rotatable bonds is 4. The smallest absolute Gasteiger partial charge is 0.255 e. The molecule has 0 radical (unpaired) electrons. The van der Waals surface area contributed by atoms with Gasteiger partial charge in [-0.25, -0.2) is 4.98 Å². The van der Waals surface area contributed by atoms with Gasteiger partial charge in [-0.2, -0.15) is 0 Å². The first-order valence-corrected chi connectivity index (χ1v) is 4.63. The molecule has 5 nitrogen and oxygen atoms in total. The molecule has 0 bridgehead atoms. The average molecular weight is 201 g/mol. The van der Waals surface area contributed by atoms with Gasteiger partial charge in [-0.15, -0.1) is 0 Å². The predicted molar refractivity (Wildman–Crippen MR) is 49.8 cm³/mol. The number of hydrogen-bond donors (Lipinski definition) is 2. The molecule has 0 saturated heterocycles. The van der Waals surface area contributed by atoms with E-state index >= 15 is 0 Å². The molecule has 0 amide bonds. The highest BCUT2D eigenvalue weighted by molar-refractivity contribution is 7.99. The third-order valence-corrected chi connectivity index (χ3v) is 2.31. The highest BCUT2D eigenvalue weighted by atomic mass is 32.2. The van der Waals surface area contributed by atoms with E-state index in [9.17, 15) is 0 Å². The van der Waals surface area contributed by atoms with Gasteiger partial charge in [0.2, 0.25) is 0 Å². The molecule has 0 fully saturated rings. The van der Waals surface area contributed by atoms with Crippen LogP contribution < -0.4 is 5.73 Å². The number of oxazole rings is 1. The highest BCUT2D eigenvalue weighted by Crippen LogP contribution is 2.22. The fourth-order valence-corrected chi connectivity index (χ4v) is 1.65. The van der Waals surface area contributed by atoms with Crippen molar-refractivity contribution in [1.29, 1.82) is 0 Å². The summed E-state index contributed by atoms with van der Waals surface area (Å²) >= 11 is 1.44. The van der Waals surface area contributed by atoms with Crippen LogP contribution >= 0.6 is 11.8 Å². The Morgan fingerprint density at radius 3 is 3.23 bits per heavy atom. The Morgan fingerprint density at radius 1 is 1.92 bits per heavy atom. The van der Waals surface area contributed by atoms with Gasteiger partial charge in [0.05, 0.1) is 6.20 Å². The first-order chi connectivity index (χ1) is 6.22. The monoisotopic (exact) mass is 201 g/mol. The van der Waals surface area contributed by atoms with Crippen molar-refractivity contribution >= 4 is 17.6 Å². The molecule has 72 valence electrons. The van der Waals surface area contributed by atoms with Gasteiger partial charge in [-0.3, -0.25) is 0 Å².